The molecule has 1 aromatic rings. The monoisotopic (exact) mass is 365 g/mol. The van der Waals surface area contributed by atoms with E-state index >= 15 is 0 Å². The van der Waals surface area contributed by atoms with E-state index in [1.54, 1.807) is 26.0 Å². The van der Waals surface area contributed by atoms with Crippen LogP contribution in [0.15, 0.2) is 29.2 Å². The molecule has 0 bridgehead atoms. The number of rotatable bonds is 6. The summed E-state index contributed by atoms with van der Waals surface area (Å²) in [5.74, 6) is 5.56. The first-order valence-electron chi connectivity index (χ1n) is 8.21. The van der Waals surface area contributed by atoms with Gasteiger partial charge in [-0.15, -0.1) is 5.92 Å². The van der Waals surface area contributed by atoms with Crippen LogP contribution in [0, 0.1) is 11.8 Å². The van der Waals surface area contributed by atoms with Gasteiger partial charge in [0.05, 0.1) is 4.90 Å². The highest BCUT2D eigenvalue weighted by molar-refractivity contribution is 7.93. The number of carbonyl (C=O) groups is 1. The fraction of sp³-hybridized carbons (Fsp3) is 0.500. The molecular weight excluding hydrogens is 342 g/mol. The Morgan fingerprint density at radius 2 is 1.92 bits per heavy atom. The SMILES string of the molecule is CC#CCOc1ccc(S(=O)(=O)C2(C(=O)NCC)CCOCC2)cc1. The third-order valence-electron chi connectivity index (χ3n) is 4.19. The quantitative estimate of drug-likeness (QED) is 0.774. The highest BCUT2D eigenvalue weighted by Gasteiger charge is 2.51. The van der Waals surface area contributed by atoms with Gasteiger partial charge in [0.15, 0.2) is 14.6 Å². The highest BCUT2D eigenvalue weighted by atomic mass is 32.2. The summed E-state index contributed by atoms with van der Waals surface area (Å²) in [6, 6.07) is 6.10. The highest BCUT2D eigenvalue weighted by Crippen LogP contribution is 2.35. The molecule has 1 aromatic carbocycles. The summed E-state index contributed by atoms with van der Waals surface area (Å²) in [7, 11) is -3.86. The van der Waals surface area contributed by atoms with E-state index in [4.69, 9.17) is 9.47 Å². The first-order chi connectivity index (χ1) is 12.0. The van der Waals surface area contributed by atoms with Gasteiger partial charge in [-0.05, 0) is 51.0 Å². The molecule has 7 heteroatoms. The predicted molar refractivity (Wildman–Crippen MR) is 94.0 cm³/mol. The van der Waals surface area contributed by atoms with Gasteiger partial charge in [-0.1, -0.05) is 5.92 Å². The van der Waals surface area contributed by atoms with Gasteiger partial charge < -0.3 is 14.8 Å². The maximum Gasteiger partial charge on any atom is 0.242 e. The average Bonchev–Trinajstić information content (AvgIpc) is 2.63. The molecule has 136 valence electrons. The van der Waals surface area contributed by atoms with E-state index in [0.717, 1.165) is 0 Å². The van der Waals surface area contributed by atoms with E-state index in [9.17, 15) is 13.2 Å². The van der Waals surface area contributed by atoms with Gasteiger partial charge in [-0.3, -0.25) is 4.79 Å². The van der Waals surface area contributed by atoms with Crippen LogP contribution in [-0.2, 0) is 19.4 Å². The van der Waals surface area contributed by atoms with Gasteiger partial charge in [-0.2, -0.15) is 0 Å². The minimum atomic E-state index is -3.86. The fourth-order valence-corrected chi connectivity index (χ4v) is 4.74. The Kier molecular flexibility index (Phi) is 6.45. The standard InChI is InChI=1S/C18H23NO5S/c1-3-5-12-24-15-6-8-16(9-7-15)25(21,22)18(17(20)19-4-2)10-13-23-14-11-18/h6-9H,4,10-14H2,1-2H3,(H,19,20). The molecule has 0 atom stereocenters. The van der Waals surface area contributed by atoms with Crippen LogP contribution in [0.2, 0.25) is 0 Å². The molecule has 0 unspecified atom stereocenters. The van der Waals surface area contributed by atoms with Crippen molar-refractivity contribution in [3.63, 3.8) is 0 Å². The second kappa shape index (κ2) is 8.37. The normalized spacial score (nSPS) is 16.4. The van der Waals surface area contributed by atoms with Crippen LogP contribution < -0.4 is 10.1 Å². The van der Waals surface area contributed by atoms with Gasteiger partial charge in [0, 0.05) is 19.8 Å². The van der Waals surface area contributed by atoms with Crippen molar-refractivity contribution in [1.82, 2.24) is 5.32 Å². The number of benzene rings is 1. The lowest BCUT2D eigenvalue weighted by Gasteiger charge is -2.35. The topological polar surface area (TPSA) is 81.7 Å². The van der Waals surface area contributed by atoms with Crippen molar-refractivity contribution in [2.24, 2.45) is 0 Å². The second-order valence-electron chi connectivity index (χ2n) is 5.66. The van der Waals surface area contributed by atoms with E-state index in [-0.39, 0.29) is 37.6 Å². The Bertz CT molecular complexity index is 753. The largest absolute Gasteiger partial charge is 0.481 e. The molecule has 0 spiro atoms. The van der Waals surface area contributed by atoms with Crippen LogP contribution in [0.25, 0.3) is 0 Å². The lowest BCUT2D eigenvalue weighted by atomic mass is 9.98. The van der Waals surface area contributed by atoms with Crippen LogP contribution in [0.3, 0.4) is 0 Å². The van der Waals surface area contributed by atoms with Gasteiger partial charge >= 0.3 is 0 Å². The first kappa shape index (κ1) is 19.3. The number of nitrogens with one attached hydrogen (secondary N) is 1. The number of ether oxygens (including phenoxy) is 2. The van der Waals surface area contributed by atoms with Crippen molar-refractivity contribution in [1.29, 1.82) is 0 Å². The molecule has 0 aliphatic carbocycles. The van der Waals surface area contributed by atoms with E-state index < -0.39 is 20.5 Å². The molecule has 0 aromatic heterocycles. The number of hydrogen-bond donors (Lipinski definition) is 1. The smallest absolute Gasteiger partial charge is 0.242 e. The van der Waals surface area contributed by atoms with Crippen LogP contribution in [0.5, 0.6) is 5.75 Å². The molecule has 0 saturated carbocycles. The zero-order valence-electron chi connectivity index (χ0n) is 14.5. The molecule has 2 rings (SSSR count). The number of amides is 1. The van der Waals surface area contributed by atoms with Crippen molar-refractivity contribution in [2.75, 3.05) is 26.4 Å². The predicted octanol–water partition coefficient (Wildman–Crippen LogP) is 1.55. The first-order valence-corrected chi connectivity index (χ1v) is 9.69. The molecule has 25 heavy (non-hydrogen) atoms. The molecule has 1 heterocycles. The average molecular weight is 365 g/mol. The van der Waals surface area contributed by atoms with Crippen molar-refractivity contribution in [3.05, 3.63) is 24.3 Å². The summed E-state index contributed by atoms with van der Waals surface area (Å²) in [6.07, 6.45) is 0.289. The van der Waals surface area contributed by atoms with E-state index in [1.807, 2.05) is 0 Å². The molecular formula is C18H23NO5S. The van der Waals surface area contributed by atoms with Crippen molar-refractivity contribution < 1.29 is 22.7 Å². The molecule has 1 aliphatic heterocycles. The Morgan fingerprint density at radius 1 is 1.28 bits per heavy atom. The maximum atomic E-state index is 13.2. The Labute approximate surface area is 148 Å². The zero-order valence-corrected chi connectivity index (χ0v) is 15.3. The molecule has 1 fully saturated rings. The number of hydrogen-bond acceptors (Lipinski definition) is 5. The number of sulfone groups is 1. The van der Waals surface area contributed by atoms with Crippen molar-refractivity contribution in [3.8, 4) is 17.6 Å². The van der Waals surface area contributed by atoms with Crippen LogP contribution in [-0.4, -0.2) is 45.4 Å². The summed E-state index contributed by atoms with van der Waals surface area (Å²) in [6.45, 7) is 4.59. The lowest BCUT2D eigenvalue weighted by molar-refractivity contribution is -0.126. The summed E-state index contributed by atoms with van der Waals surface area (Å²) < 4.78 is 35.6. The zero-order chi connectivity index (χ0) is 18.3. The molecule has 0 radical (unpaired) electrons. The van der Waals surface area contributed by atoms with Crippen LogP contribution in [0.4, 0.5) is 0 Å². The minimum absolute atomic E-state index is 0.106. The summed E-state index contributed by atoms with van der Waals surface area (Å²) in [5.41, 5.74) is 0. The molecule has 6 nitrogen and oxygen atoms in total. The van der Waals surface area contributed by atoms with Gasteiger partial charge in [0.2, 0.25) is 5.91 Å². The van der Waals surface area contributed by atoms with Gasteiger partial charge in [-0.25, -0.2) is 8.42 Å². The van der Waals surface area contributed by atoms with Gasteiger partial charge in [0.1, 0.15) is 12.4 Å². The third-order valence-corrected chi connectivity index (χ3v) is 6.70. The second-order valence-corrected chi connectivity index (χ2v) is 7.92. The molecule has 1 aliphatic rings. The van der Waals surface area contributed by atoms with Crippen molar-refractivity contribution >= 4 is 15.7 Å². The number of carbonyl (C=O) groups excluding carboxylic acids is 1. The molecule has 1 saturated heterocycles. The molecule has 1 amide bonds. The summed E-state index contributed by atoms with van der Waals surface area (Å²) >= 11 is 0. The Hall–Kier alpha value is -2.04. The third kappa shape index (κ3) is 3.97. The van der Waals surface area contributed by atoms with Crippen molar-refractivity contribution in [2.45, 2.75) is 36.3 Å². The summed E-state index contributed by atoms with van der Waals surface area (Å²) in [4.78, 5) is 12.7. The Balaban J connectivity index is 2.32. The maximum absolute atomic E-state index is 13.2. The molecule has 1 N–H and O–H groups in total. The minimum Gasteiger partial charge on any atom is -0.481 e. The fourth-order valence-electron chi connectivity index (χ4n) is 2.77. The lowest BCUT2D eigenvalue weighted by Crippen LogP contribution is -2.55. The van der Waals surface area contributed by atoms with E-state index in [2.05, 4.69) is 17.2 Å². The van der Waals surface area contributed by atoms with E-state index in [1.165, 1.54) is 12.1 Å². The Morgan fingerprint density at radius 3 is 2.48 bits per heavy atom. The van der Waals surface area contributed by atoms with Gasteiger partial charge in [0.25, 0.3) is 0 Å². The van der Waals surface area contributed by atoms with Crippen LogP contribution in [0.1, 0.15) is 26.7 Å². The summed E-state index contributed by atoms with van der Waals surface area (Å²) in [5, 5.41) is 2.66. The van der Waals surface area contributed by atoms with Crippen LogP contribution >= 0.6 is 0 Å². The van der Waals surface area contributed by atoms with E-state index in [0.29, 0.717) is 12.3 Å².